The Hall–Kier alpha value is -2.53. The van der Waals surface area contributed by atoms with Crippen LogP contribution in [0.1, 0.15) is 21.5 Å². The van der Waals surface area contributed by atoms with Gasteiger partial charge in [-0.25, -0.2) is 5.43 Å². The zero-order chi connectivity index (χ0) is 19.9. The lowest BCUT2D eigenvalue weighted by Gasteiger charge is -2.10. The van der Waals surface area contributed by atoms with Gasteiger partial charge >= 0.3 is 0 Å². The number of amides is 1. The van der Waals surface area contributed by atoms with Gasteiger partial charge in [-0.15, -0.1) is 0 Å². The lowest BCUT2D eigenvalue weighted by molar-refractivity contribution is 0.0955. The Morgan fingerprint density at radius 1 is 0.929 bits per heavy atom. The lowest BCUT2D eigenvalue weighted by atomic mass is 10.2. The van der Waals surface area contributed by atoms with E-state index in [1.54, 1.807) is 48.5 Å². The van der Waals surface area contributed by atoms with E-state index in [-0.39, 0.29) is 5.91 Å². The maximum atomic E-state index is 12.1. The first-order valence-corrected chi connectivity index (χ1v) is 9.40. The third-order valence-electron chi connectivity index (χ3n) is 3.73. The zero-order valence-electron chi connectivity index (χ0n) is 14.5. The van der Waals surface area contributed by atoms with E-state index in [9.17, 15) is 4.79 Å². The highest BCUT2D eigenvalue weighted by molar-refractivity contribution is 6.31. The van der Waals surface area contributed by atoms with Gasteiger partial charge in [0.05, 0.1) is 6.21 Å². The summed E-state index contributed by atoms with van der Waals surface area (Å²) in [6.07, 6.45) is 1.48. The molecule has 28 heavy (non-hydrogen) atoms. The molecule has 0 fully saturated rings. The van der Waals surface area contributed by atoms with Crippen molar-refractivity contribution in [1.29, 1.82) is 0 Å². The van der Waals surface area contributed by atoms with Gasteiger partial charge in [-0.3, -0.25) is 4.79 Å². The highest BCUT2D eigenvalue weighted by atomic mass is 35.5. The monoisotopic (exact) mass is 432 g/mol. The number of halogens is 3. The molecule has 0 saturated carbocycles. The van der Waals surface area contributed by atoms with Gasteiger partial charge in [0.2, 0.25) is 0 Å². The molecule has 0 aliphatic carbocycles. The maximum Gasteiger partial charge on any atom is 0.271 e. The van der Waals surface area contributed by atoms with Crippen molar-refractivity contribution in [1.82, 2.24) is 5.43 Å². The predicted molar refractivity (Wildman–Crippen MR) is 114 cm³/mol. The van der Waals surface area contributed by atoms with E-state index >= 15 is 0 Å². The van der Waals surface area contributed by atoms with Crippen LogP contribution in [0.4, 0.5) is 0 Å². The molecule has 7 heteroatoms. The van der Waals surface area contributed by atoms with E-state index in [4.69, 9.17) is 39.5 Å². The van der Waals surface area contributed by atoms with Crippen LogP contribution >= 0.6 is 34.8 Å². The standard InChI is InChI=1S/C21H15Cl3N2O2/c22-17-6-4-15(5-7-17)21(27)26-25-12-16-11-19(24)8-9-20(16)28-13-14-2-1-3-18(23)10-14/h1-12H,13H2,(H,26,27)/b25-12+. The Morgan fingerprint density at radius 2 is 1.64 bits per heavy atom. The van der Waals surface area contributed by atoms with Crippen LogP contribution in [0.5, 0.6) is 5.75 Å². The van der Waals surface area contributed by atoms with Gasteiger partial charge in [0.25, 0.3) is 5.91 Å². The summed E-state index contributed by atoms with van der Waals surface area (Å²) in [5.74, 6) is 0.227. The Bertz CT molecular complexity index is 1000. The van der Waals surface area contributed by atoms with Crippen LogP contribution < -0.4 is 10.2 Å². The Balaban J connectivity index is 1.68. The molecule has 0 aromatic heterocycles. The van der Waals surface area contributed by atoms with Crippen molar-refractivity contribution in [3.63, 3.8) is 0 Å². The number of benzene rings is 3. The van der Waals surface area contributed by atoms with Crippen molar-refractivity contribution in [2.45, 2.75) is 6.61 Å². The van der Waals surface area contributed by atoms with Crippen LogP contribution in [0.3, 0.4) is 0 Å². The predicted octanol–water partition coefficient (Wildman–Crippen LogP) is 5.99. The quantitative estimate of drug-likeness (QED) is 0.383. The van der Waals surface area contributed by atoms with E-state index in [0.29, 0.717) is 38.6 Å². The van der Waals surface area contributed by atoms with Crippen molar-refractivity contribution >= 4 is 46.9 Å². The summed E-state index contributed by atoms with van der Waals surface area (Å²) in [5.41, 5.74) is 4.48. The fourth-order valence-electron chi connectivity index (χ4n) is 2.37. The molecule has 0 unspecified atom stereocenters. The largest absolute Gasteiger partial charge is 0.488 e. The van der Waals surface area contributed by atoms with Crippen LogP contribution in [-0.4, -0.2) is 12.1 Å². The summed E-state index contributed by atoms with van der Waals surface area (Å²) in [4.78, 5) is 12.1. The molecular formula is C21H15Cl3N2O2. The van der Waals surface area contributed by atoms with Crippen LogP contribution in [-0.2, 0) is 6.61 Å². The number of carbonyl (C=O) groups excluding carboxylic acids is 1. The second-order valence-corrected chi connectivity index (χ2v) is 7.12. The minimum absolute atomic E-state index is 0.333. The summed E-state index contributed by atoms with van der Waals surface area (Å²) < 4.78 is 5.85. The summed E-state index contributed by atoms with van der Waals surface area (Å²) in [6.45, 7) is 0.333. The molecule has 0 atom stereocenters. The molecule has 4 nitrogen and oxygen atoms in total. The molecular weight excluding hydrogens is 419 g/mol. The average Bonchev–Trinajstić information content (AvgIpc) is 2.68. The number of hydrogen-bond donors (Lipinski definition) is 1. The van der Waals surface area contributed by atoms with E-state index < -0.39 is 0 Å². The normalized spacial score (nSPS) is 10.8. The molecule has 0 bridgehead atoms. The van der Waals surface area contributed by atoms with E-state index in [2.05, 4.69) is 10.5 Å². The molecule has 3 aromatic rings. The van der Waals surface area contributed by atoms with E-state index in [1.807, 2.05) is 18.2 Å². The van der Waals surface area contributed by atoms with Gasteiger partial charge in [0, 0.05) is 26.2 Å². The van der Waals surface area contributed by atoms with Crippen molar-refractivity contribution in [3.05, 3.63) is 98.5 Å². The van der Waals surface area contributed by atoms with Gasteiger partial charge in [-0.1, -0.05) is 46.9 Å². The van der Waals surface area contributed by atoms with E-state index in [1.165, 1.54) is 6.21 Å². The minimum atomic E-state index is -0.351. The molecule has 0 radical (unpaired) electrons. The highest BCUT2D eigenvalue weighted by Crippen LogP contribution is 2.23. The SMILES string of the molecule is O=C(N/N=C/c1cc(Cl)ccc1OCc1cccc(Cl)c1)c1ccc(Cl)cc1. The molecule has 1 N–H and O–H groups in total. The van der Waals surface area contributed by atoms with Crippen molar-refractivity contribution in [2.75, 3.05) is 0 Å². The number of rotatable bonds is 6. The number of hydrazone groups is 1. The Labute approximate surface area is 177 Å². The van der Waals surface area contributed by atoms with Crippen LogP contribution in [0, 0.1) is 0 Å². The summed E-state index contributed by atoms with van der Waals surface area (Å²) >= 11 is 17.9. The van der Waals surface area contributed by atoms with Crippen molar-refractivity contribution in [2.24, 2.45) is 5.10 Å². The molecule has 0 spiro atoms. The Morgan fingerprint density at radius 3 is 2.39 bits per heavy atom. The van der Waals surface area contributed by atoms with E-state index in [0.717, 1.165) is 5.56 Å². The number of nitrogens with zero attached hydrogens (tertiary/aromatic N) is 1. The fourth-order valence-corrected chi connectivity index (χ4v) is 2.89. The molecule has 0 heterocycles. The molecule has 1 amide bonds. The fraction of sp³-hybridized carbons (Fsp3) is 0.0476. The second kappa shape index (κ2) is 9.60. The first-order chi connectivity index (χ1) is 13.5. The molecule has 3 rings (SSSR count). The maximum absolute atomic E-state index is 12.1. The molecule has 0 saturated heterocycles. The Kier molecular flexibility index (Phi) is 6.93. The summed E-state index contributed by atoms with van der Waals surface area (Å²) in [5, 5.41) is 5.72. The first kappa shape index (κ1) is 20.2. The molecule has 0 aliphatic rings. The van der Waals surface area contributed by atoms with Gasteiger partial charge in [0.15, 0.2) is 0 Å². The number of nitrogens with one attached hydrogen (secondary N) is 1. The zero-order valence-corrected chi connectivity index (χ0v) is 16.8. The minimum Gasteiger partial charge on any atom is -0.488 e. The van der Waals surface area contributed by atoms with Crippen LogP contribution in [0.2, 0.25) is 15.1 Å². The van der Waals surface area contributed by atoms with Crippen molar-refractivity contribution in [3.8, 4) is 5.75 Å². The number of hydrogen-bond acceptors (Lipinski definition) is 3. The lowest BCUT2D eigenvalue weighted by Crippen LogP contribution is -2.17. The summed E-state index contributed by atoms with van der Waals surface area (Å²) in [6, 6.07) is 19.1. The van der Waals surface area contributed by atoms with Gasteiger partial charge in [-0.2, -0.15) is 5.10 Å². The van der Waals surface area contributed by atoms with Gasteiger partial charge in [-0.05, 0) is 60.2 Å². The third kappa shape index (κ3) is 5.73. The summed E-state index contributed by atoms with van der Waals surface area (Å²) in [7, 11) is 0. The molecule has 0 aliphatic heterocycles. The smallest absolute Gasteiger partial charge is 0.271 e. The van der Waals surface area contributed by atoms with Crippen LogP contribution in [0.15, 0.2) is 71.8 Å². The van der Waals surface area contributed by atoms with Gasteiger partial charge < -0.3 is 4.74 Å². The highest BCUT2D eigenvalue weighted by Gasteiger charge is 2.06. The number of carbonyl (C=O) groups is 1. The second-order valence-electron chi connectivity index (χ2n) is 5.81. The first-order valence-electron chi connectivity index (χ1n) is 8.27. The van der Waals surface area contributed by atoms with Crippen molar-refractivity contribution < 1.29 is 9.53 Å². The average molecular weight is 434 g/mol. The van der Waals surface area contributed by atoms with Crippen LogP contribution in [0.25, 0.3) is 0 Å². The molecule has 3 aromatic carbocycles. The molecule has 142 valence electrons. The van der Waals surface area contributed by atoms with Gasteiger partial charge in [0.1, 0.15) is 12.4 Å². The topological polar surface area (TPSA) is 50.7 Å². The number of ether oxygens (including phenoxy) is 1. The third-order valence-corrected chi connectivity index (χ3v) is 4.45.